The van der Waals surface area contributed by atoms with Crippen LogP contribution < -0.4 is 11.1 Å². The summed E-state index contributed by atoms with van der Waals surface area (Å²) in [5.74, 6) is 0.657. The van der Waals surface area contributed by atoms with Crippen LogP contribution in [0.1, 0.15) is 53.7 Å². The molecule has 1 heterocycles. The Morgan fingerprint density at radius 2 is 1.89 bits per heavy atom. The standard InChI is InChI=1S/C14H26N4O/c1-13(2,3)10-9-11(16-12(19)7-8-15)18(17-10)14(4,5)6/h9H,7-8,15H2,1-6H3,(H,16,19). The lowest BCUT2D eigenvalue weighted by Crippen LogP contribution is -2.27. The first-order valence-corrected chi connectivity index (χ1v) is 6.66. The number of nitrogens with zero attached hydrogens (tertiary/aromatic N) is 2. The van der Waals surface area contributed by atoms with E-state index in [4.69, 9.17) is 5.73 Å². The van der Waals surface area contributed by atoms with Crippen LogP contribution in [-0.2, 0) is 15.7 Å². The largest absolute Gasteiger partial charge is 0.330 e. The Bertz CT molecular complexity index is 449. The van der Waals surface area contributed by atoms with E-state index in [-0.39, 0.29) is 16.9 Å². The normalized spacial score (nSPS) is 12.6. The van der Waals surface area contributed by atoms with Gasteiger partial charge in [-0.15, -0.1) is 0 Å². The maximum atomic E-state index is 11.7. The molecule has 0 aliphatic heterocycles. The number of amides is 1. The van der Waals surface area contributed by atoms with Gasteiger partial charge in [0, 0.05) is 24.4 Å². The molecule has 0 saturated carbocycles. The maximum Gasteiger partial charge on any atom is 0.226 e. The van der Waals surface area contributed by atoms with E-state index < -0.39 is 0 Å². The average Bonchev–Trinajstić information content (AvgIpc) is 2.60. The van der Waals surface area contributed by atoms with Crippen molar-refractivity contribution in [2.45, 2.75) is 58.9 Å². The van der Waals surface area contributed by atoms with Crippen molar-refractivity contribution < 1.29 is 4.79 Å². The molecular weight excluding hydrogens is 240 g/mol. The molecule has 0 saturated heterocycles. The highest BCUT2D eigenvalue weighted by atomic mass is 16.1. The van der Waals surface area contributed by atoms with Crippen molar-refractivity contribution in [2.75, 3.05) is 11.9 Å². The zero-order valence-corrected chi connectivity index (χ0v) is 12.9. The van der Waals surface area contributed by atoms with Gasteiger partial charge in [0.2, 0.25) is 5.91 Å². The lowest BCUT2D eigenvalue weighted by molar-refractivity contribution is -0.116. The molecule has 0 aliphatic rings. The predicted molar refractivity (Wildman–Crippen MR) is 78.2 cm³/mol. The first kappa shape index (κ1) is 15.7. The first-order valence-electron chi connectivity index (χ1n) is 6.66. The molecule has 0 atom stereocenters. The van der Waals surface area contributed by atoms with E-state index >= 15 is 0 Å². The Morgan fingerprint density at radius 3 is 2.32 bits per heavy atom. The Labute approximate surface area is 115 Å². The summed E-state index contributed by atoms with van der Waals surface area (Å²) >= 11 is 0. The predicted octanol–water partition coefficient (Wildman–Crippen LogP) is 2.22. The topological polar surface area (TPSA) is 72.9 Å². The lowest BCUT2D eigenvalue weighted by Gasteiger charge is -2.23. The number of rotatable bonds is 3. The van der Waals surface area contributed by atoms with Gasteiger partial charge < -0.3 is 11.1 Å². The summed E-state index contributed by atoms with van der Waals surface area (Å²) in [6, 6.07) is 1.94. The number of hydrogen-bond acceptors (Lipinski definition) is 3. The molecule has 1 amide bonds. The maximum absolute atomic E-state index is 11.7. The highest BCUT2D eigenvalue weighted by Gasteiger charge is 2.25. The third-order valence-corrected chi connectivity index (χ3v) is 2.75. The van der Waals surface area contributed by atoms with Gasteiger partial charge in [-0.05, 0) is 20.8 Å². The summed E-state index contributed by atoms with van der Waals surface area (Å²) < 4.78 is 1.86. The molecule has 108 valence electrons. The Balaban J connectivity index is 3.14. The minimum atomic E-state index is -0.186. The van der Waals surface area contributed by atoms with Crippen LogP contribution in [0.15, 0.2) is 6.07 Å². The van der Waals surface area contributed by atoms with E-state index in [0.29, 0.717) is 13.0 Å². The molecule has 5 heteroatoms. The molecule has 19 heavy (non-hydrogen) atoms. The Morgan fingerprint density at radius 1 is 1.32 bits per heavy atom. The zero-order chi connectivity index (χ0) is 14.8. The van der Waals surface area contributed by atoms with Crippen molar-refractivity contribution in [1.82, 2.24) is 9.78 Å². The van der Waals surface area contributed by atoms with Crippen molar-refractivity contribution >= 4 is 11.7 Å². The van der Waals surface area contributed by atoms with Gasteiger partial charge >= 0.3 is 0 Å². The minimum absolute atomic E-state index is 0.0517. The van der Waals surface area contributed by atoms with Gasteiger partial charge in [-0.3, -0.25) is 4.79 Å². The fourth-order valence-corrected chi connectivity index (χ4v) is 1.68. The van der Waals surface area contributed by atoms with E-state index in [1.165, 1.54) is 0 Å². The molecule has 5 nitrogen and oxygen atoms in total. The summed E-state index contributed by atoms with van der Waals surface area (Å²) in [6.45, 7) is 12.8. The molecule has 1 rings (SSSR count). The second-order valence-corrected chi connectivity index (χ2v) is 6.83. The fourth-order valence-electron chi connectivity index (χ4n) is 1.68. The van der Waals surface area contributed by atoms with Crippen LogP contribution in [0.25, 0.3) is 0 Å². The highest BCUT2D eigenvalue weighted by molar-refractivity contribution is 5.90. The lowest BCUT2D eigenvalue weighted by atomic mass is 9.92. The number of nitrogens with two attached hydrogens (primary N) is 1. The van der Waals surface area contributed by atoms with E-state index in [2.05, 4.69) is 52.0 Å². The second kappa shape index (κ2) is 5.33. The quantitative estimate of drug-likeness (QED) is 0.881. The number of anilines is 1. The minimum Gasteiger partial charge on any atom is -0.330 e. The van der Waals surface area contributed by atoms with Gasteiger partial charge in [-0.2, -0.15) is 5.10 Å². The zero-order valence-electron chi connectivity index (χ0n) is 12.9. The van der Waals surface area contributed by atoms with Gasteiger partial charge in [0.05, 0.1) is 11.2 Å². The first-order chi connectivity index (χ1) is 8.55. The van der Waals surface area contributed by atoms with Crippen LogP contribution in [0, 0.1) is 0 Å². The second-order valence-electron chi connectivity index (χ2n) is 6.83. The van der Waals surface area contributed by atoms with Crippen molar-refractivity contribution in [3.63, 3.8) is 0 Å². The third kappa shape index (κ3) is 4.06. The average molecular weight is 266 g/mol. The van der Waals surface area contributed by atoms with Crippen LogP contribution in [-0.4, -0.2) is 22.2 Å². The molecular formula is C14H26N4O. The van der Waals surface area contributed by atoms with E-state index in [0.717, 1.165) is 11.5 Å². The SMILES string of the molecule is CC(C)(C)c1cc(NC(=O)CCN)n(C(C)(C)C)n1. The number of carbonyl (C=O) groups excluding carboxylic acids is 1. The molecule has 1 aromatic heterocycles. The van der Waals surface area contributed by atoms with Crippen molar-refractivity contribution in [2.24, 2.45) is 5.73 Å². The van der Waals surface area contributed by atoms with Crippen molar-refractivity contribution in [1.29, 1.82) is 0 Å². The molecule has 0 unspecified atom stereocenters. The Kier molecular flexibility index (Phi) is 4.40. The van der Waals surface area contributed by atoms with E-state index in [9.17, 15) is 4.79 Å². The molecule has 0 bridgehead atoms. The number of hydrogen-bond donors (Lipinski definition) is 2. The van der Waals surface area contributed by atoms with E-state index in [1.54, 1.807) is 0 Å². The number of aromatic nitrogens is 2. The van der Waals surface area contributed by atoms with Crippen LogP contribution in [0.2, 0.25) is 0 Å². The fraction of sp³-hybridized carbons (Fsp3) is 0.714. The van der Waals surface area contributed by atoms with Gasteiger partial charge in [-0.25, -0.2) is 4.68 Å². The van der Waals surface area contributed by atoms with Crippen LogP contribution in [0.4, 0.5) is 5.82 Å². The van der Waals surface area contributed by atoms with Crippen LogP contribution >= 0.6 is 0 Å². The summed E-state index contributed by atoms with van der Waals surface area (Å²) in [5, 5.41) is 7.53. The van der Waals surface area contributed by atoms with Gasteiger partial charge in [0.15, 0.2) is 0 Å². The molecule has 1 aromatic rings. The number of nitrogens with one attached hydrogen (secondary N) is 1. The highest BCUT2D eigenvalue weighted by Crippen LogP contribution is 2.28. The Hall–Kier alpha value is -1.36. The van der Waals surface area contributed by atoms with E-state index in [1.807, 2.05) is 10.7 Å². The summed E-state index contributed by atoms with van der Waals surface area (Å²) in [4.78, 5) is 11.7. The summed E-state index contributed by atoms with van der Waals surface area (Å²) in [5.41, 5.74) is 6.12. The monoisotopic (exact) mass is 266 g/mol. The van der Waals surface area contributed by atoms with Crippen LogP contribution in [0.5, 0.6) is 0 Å². The van der Waals surface area contributed by atoms with Gasteiger partial charge in [0.1, 0.15) is 5.82 Å². The molecule has 0 fully saturated rings. The molecule has 0 radical (unpaired) electrons. The molecule has 0 aliphatic carbocycles. The summed E-state index contributed by atoms with van der Waals surface area (Å²) in [6.07, 6.45) is 0.320. The molecule has 3 N–H and O–H groups in total. The molecule has 0 aromatic carbocycles. The van der Waals surface area contributed by atoms with Gasteiger partial charge in [0.25, 0.3) is 0 Å². The number of carbonyl (C=O) groups is 1. The van der Waals surface area contributed by atoms with Crippen molar-refractivity contribution in [3.8, 4) is 0 Å². The van der Waals surface area contributed by atoms with Crippen LogP contribution in [0.3, 0.4) is 0 Å². The third-order valence-electron chi connectivity index (χ3n) is 2.75. The smallest absolute Gasteiger partial charge is 0.226 e. The van der Waals surface area contributed by atoms with Gasteiger partial charge in [-0.1, -0.05) is 20.8 Å². The summed E-state index contributed by atoms with van der Waals surface area (Å²) in [7, 11) is 0. The molecule has 0 spiro atoms. The van der Waals surface area contributed by atoms with Crippen molar-refractivity contribution in [3.05, 3.63) is 11.8 Å².